The first-order chi connectivity index (χ1) is 9.34. The number of rotatable bonds is 4. The predicted octanol–water partition coefficient (Wildman–Crippen LogP) is 1.32. The number of nitrogens with one attached hydrogen (secondary N) is 1. The minimum Gasteiger partial charge on any atom is -0.358 e. The summed E-state index contributed by atoms with van der Waals surface area (Å²) in [7, 11) is -0.910. The van der Waals surface area contributed by atoms with E-state index in [4.69, 9.17) is 11.6 Å². The molecule has 1 N–H and O–H groups in total. The van der Waals surface area contributed by atoms with E-state index in [9.17, 15) is 13.2 Å². The van der Waals surface area contributed by atoms with Crippen molar-refractivity contribution in [1.82, 2.24) is 14.6 Å². The van der Waals surface area contributed by atoms with Gasteiger partial charge in [0, 0.05) is 14.1 Å². The van der Waals surface area contributed by atoms with Gasteiger partial charge in [-0.2, -0.15) is 4.31 Å². The van der Waals surface area contributed by atoms with E-state index in [1.54, 1.807) is 6.07 Å². The molecule has 9 heteroatoms. The van der Waals surface area contributed by atoms with Crippen LogP contribution in [0.25, 0.3) is 10.2 Å². The molecule has 0 unspecified atom stereocenters. The van der Waals surface area contributed by atoms with E-state index in [1.807, 2.05) is 0 Å². The van der Waals surface area contributed by atoms with Crippen LogP contribution in [0.3, 0.4) is 0 Å². The Morgan fingerprint density at radius 3 is 2.85 bits per heavy atom. The van der Waals surface area contributed by atoms with Gasteiger partial charge in [-0.15, -0.1) is 11.3 Å². The van der Waals surface area contributed by atoms with Crippen molar-refractivity contribution in [1.29, 1.82) is 0 Å². The number of halogens is 1. The van der Waals surface area contributed by atoms with Gasteiger partial charge in [0.05, 0.1) is 21.7 Å². The summed E-state index contributed by atoms with van der Waals surface area (Å²) in [4.78, 5) is 15.4. The van der Waals surface area contributed by atoms with Gasteiger partial charge < -0.3 is 5.32 Å². The van der Waals surface area contributed by atoms with Crippen molar-refractivity contribution >= 4 is 49.1 Å². The van der Waals surface area contributed by atoms with E-state index < -0.39 is 10.0 Å². The fraction of sp³-hybridized carbons (Fsp3) is 0.273. The standard InChI is InChI=1S/C11H12ClN3O3S2/c1-13-10(16)6-15(2)20(17,18)7-3-4-8-9(5-7)19-11(12)14-8/h3-5H,6H2,1-2H3,(H,13,16). The number of likely N-dealkylation sites (N-methyl/N-ethyl adjacent to an activating group) is 2. The normalized spacial score (nSPS) is 12.0. The molecule has 0 aliphatic carbocycles. The molecule has 0 aliphatic heterocycles. The number of hydrogen-bond acceptors (Lipinski definition) is 5. The molecule has 0 bridgehead atoms. The Morgan fingerprint density at radius 2 is 2.20 bits per heavy atom. The van der Waals surface area contributed by atoms with Crippen molar-refractivity contribution in [2.24, 2.45) is 0 Å². The number of hydrogen-bond donors (Lipinski definition) is 1. The van der Waals surface area contributed by atoms with Gasteiger partial charge in [-0.05, 0) is 18.2 Å². The fourth-order valence-electron chi connectivity index (χ4n) is 1.58. The highest BCUT2D eigenvalue weighted by atomic mass is 35.5. The van der Waals surface area contributed by atoms with Gasteiger partial charge in [-0.1, -0.05) is 11.6 Å². The summed E-state index contributed by atoms with van der Waals surface area (Å²) in [5, 5.41) is 2.38. The number of thiazole rings is 1. The van der Waals surface area contributed by atoms with Crippen LogP contribution in [0.15, 0.2) is 23.1 Å². The van der Waals surface area contributed by atoms with Crippen molar-refractivity contribution in [2.75, 3.05) is 20.6 Å². The minimum atomic E-state index is -3.72. The molecule has 0 fully saturated rings. The first kappa shape index (κ1) is 15.2. The SMILES string of the molecule is CNC(=O)CN(C)S(=O)(=O)c1ccc2nc(Cl)sc2c1. The summed E-state index contributed by atoms with van der Waals surface area (Å²) >= 11 is 7.00. The molecule has 1 amide bonds. The van der Waals surface area contributed by atoms with Gasteiger partial charge in [0.1, 0.15) is 0 Å². The molecular weight excluding hydrogens is 322 g/mol. The second-order valence-corrected chi connectivity index (χ2v) is 7.69. The molecule has 6 nitrogen and oxygen atoms in total. The van der Waals surface area contributed by atoms with E-state index in [1.165, 1.54) is 37.6 Å². The molecule has 0 radical (unpaired) electrons. The number of fused-ring (bicyclic) bond motifs is 1. The molecule has 0 saturated heterocycles. The average Bonchev–Trinajstić information content (AvgIpc) is 2.77. The van der Waals surface area contributed by atoms with Crippen LogP contribution >= 0.6 is 22.9 Å². The summed E-state index contributed by atoms with van der Waals surface area (Å²) in [6.07, 6.45) is 0. The summed E-state index contributed by atoms with van der Waals surface area (Å²) in [6, 6.07) is 4.56. The Kier molecular flexibility index (Phi) is 4.28. The Balaban J connectivity index is 2.37. The van der Waals surface area contributed by atoms with E-state index in [2.05, 4.69) is 10.3 Å². The van der Waals surface area contributed by atoms with E-state index in [-0.39, 0.29) is 17.3 Å². The lowest BCUT2D eigenvalue weighted by Crippen LogP contribution is -2.36. The number of nitrogens with zero attached hydrogens (tertiary/aromatic N) is 2. The maximum atomic E-state index is 12.3. The summed E-state index contributed by atoms with van der Waals surface area (Å²) < 4.78 is 26.7. The quantitative estimate of drug-likeness (QED) is 0.915. The van der Waals surface area contributed by atoms with Gasteiger partial charge in [0.2, 0.25) is 15.9 Å². The molecular formula is C11H12ClN3O3S2. The lowest BCUT2D eigenvalue weighted by Gasteiger charge is -2.16. The van der Waals surface area contributed by atoms with Crippen molar-refractivity contribution in [3.05, 3.63) is 22.7 Å². The van der Waals surface area contributed by atoms with Crippen molar-refractivity contribution < 1.29 is 13.2 Å². The molecule has 0 aliphatic rings. The number of benzene rings is 1. The summed E-state index contributed by atoms with van der Waals surface area (Å²) in [5.74, 6) is -0.377. The molecule has 0 spiro atoms. The topological polar surface area (TPSA) is 79.4 Å². The lowest BCUT2D eigenvalue weighted by molar-refractivity contribution is -0.120. The molecule has 1 heterocycles. The van der Waals surface area contributed by atoms with Crippen LogP contribution in [0, 0.1) is 0 Å². The minimum absolute atomic E-state index is 0.108. The Hall–Kier alpha value is -1.22. The molecule has 0 atom stereocenters. The number of sulfonamides is 1. The Labute approximate surface area is 125 Å². The van der Waals surface area contributed by atoms with E-state index >= 15 is 0 Å². The van der Waals surface area contributed by atoms with Gasteiger partial charge in [0.15, 0.2) is 4.47 Å². The third-order valence-electron chi connectivity index (χ3n) is 2.69. The largest absolute Gasteiger partial charge is 0.358 e. The smallest absolute Gasteiger partial charge is 0.243 e. The van der Waals surface area contributed by atoms with Gasteiger partial charge in [0.25, 0.3) is 0 Å². The second-order valence-electron chi connectivity index (χ2n) is 4.03. The summed E-state index contributed by atoms with van der Waals surface area (Å²) in [5.41, 5.74) is 0.646. The fourth-order valence-corrected chi connectivity index (χ4v) is 3.88. The predicted molar refractivity (Wildman–Crippen MR) is 78.5 cm³/mol. The van der Waals surface area contributed by atoms with Gasteiger partial charge in [-0.25, -0.2) is 13.4 Å². The van der Waals surface area contributed by atoms with Crippen LogP contribution in [0.1, 0.15) is 0 Å². The van der Waals surface area contributed by atoms with Crippen LogP contribution in [0.5, 0.6) is 0 Å². The molecule has 2 aromatic rings. The van der Waals surface area contributed by atoms with Crippen molar-refractivity contribution in [3.8, 4) is 0 Å². The van der Waals surface area contributed by atoms with Crippen LogP contribution in [-0.4, -0.2) is 44.3 Å². The zero-order chi connectivity index (χ0) is 14.9. The van der Waals surface area contributed by atoms with Crippen LogP contribution in [-0.2, 0) is 14.8 Å². The molecule has 1 aromatic carbocycles. The molecule has 20 heavy (non-hydrogen) atoms. The maximum absolute atomic E-state index is 12.3. The maximum Gasteiger partial charge on any atom is 0.243 e. The average molecular weight is 334 g/mol. The van der Waals surface area contributed by atoms with Crippen LogP contribution in [0.4, 0.5) is 0 Å². The third-order valence-corrected chi connectivity index (χ3v) is 5.61. The number of aromatic nitrogens is 1. The second kappa shape index (κ2) is 5.65. The van der Waals surface area contributed by atoms with Gasteiger partial charge >= 0.3 is 0 Å². The zero-order valence-corrected chi connectivity index (χ0v) is 13.1. The van der Waals surface area contributed by atoms with Crippen molar-refractivity contribution in [3.63, 3.8) is 0 Å². The van der Waals surface area contributed by atoms with Gasteiger partial charge in [-0.3, -0.25) is 4.79 Å². The Bertz CT molecular complexity index is 757. The number of carbonyl (C=O) groups is 1. The summed E-state index contributed by atoms with van der Waals surface area (Å²) in [6.45, 7) is -0.236. The zero-order valence-electron chi connectivity index (χ0n) is 10.8. The van der Waals surface area contributed by atoms with Crippen LogP contribution < -0.4 is 5.32 Å². The molecule has 1 aromatic heterocycles. The highest BCUT2D eigenvalue weighted by molar-refractivity contribution is 7.89. The van der Waals surface area contributed by atoms with Crippen molar-refractivity contribution in [2.45, 2.75) is 4.90 Å². The Morgan fingerprint density at radius 1 is 1.50 bits per heavy atom. The first-order valence-corrected chi connectivity index (χ1v) is 8.21. The first-order valence-electron chi connectivity index (χ1n) is 5.57. The lowest BCUT2D eigenvalue weighted by atomic mass is 10.3. The highest BCUT2D eigenvalue weighted by Crippen LogP contribution is 2.28. The van der Waals surface area contributed by atoms with E-state index in [0.29, 0.717) is 14.7 Å². The monoisotopic (exact) mass is 333 g/mol. The molecule has 108 valence electrons. The number of amides is 1. The van der Waals surface area contributed by atoms with E-state index in [0.717, 1.165) is 4.31 Å². The third kappa shape index (κ3) is 2.93. The highest BCUT2D eigenvalue weighted by Gasteiger charge is 2.23. The van der Waals surface area contributed by atoms with Crippen LogP contribution in [0.2, 0.25) is 4.47 Å². The molecule has 2 rings (SSSR count). The number of carbonyl (C=O) groups excluding carboxylic acids is 1. The molecule has 0 saturated carbocycles.